The second-order valence-electron chi connectivity index (χ2n) is 6.21. The fraction of sp³-hybridized carbons (Fsp3) is 0.167. The van der Waals surface area contributed by atoms with Crippen LogP contribution in [0.5, 0.6) is 0 Å². The van der Waals surface area contributed by atoms with Crippen LogP contribution in [0.15, 0.2) is 53.4 Å². The summed E-state index contributed by atoms with van der Waals surface area (Å²) in [6.07, 6.45) is 1.92. The minimum atomic E-state index is -3.84. The molecule has 1 aromatic heterocycles. The number of carbonyl (C=O) groups is 1. The van der Waals surface area contributed by atoms with Crippen molar-refractivity contribution in [2.45, 2.75) is 24.3 Å². The normalized spacial score (nSPS) is 13.3. The summed E-state index contributed by atoms with van der Waals surface area (Å²) in [5.74, 6) is 0.546. The van der Waals surface area contributed by atoms with Crippen molar-refractivity contribution in [1.29, 1.82) is 0 Å². The largest absolute Gasteiger partial charge is 0.478 e. The fourth-order valence-corrected chi connectivity index (χ4v) is 4.13. The van der Waals surface area contributed by atoms with Crippen molar-refractivity contribution < 1.29 is 18.3 Å². The molecular weight excluding hydrogens is 368 g/mol. The lowest BCUT2D eigenvalue weighted by atomic mass is 10.2. The highest BCUT2D eigenvalue weighted by Gasteiger charge is 2.19. The number of hydrogen-bond donors (Lipinski definition) is 2. The molecule has 138 valence electrons. The zero-order chi connectivity index (χ0) is 19.0. The van der Waals surface area contributed by atoms with Crippen LogP contribution in [0.2, 0.25) is 0 Å². The third-order valence-corrected chi connectivity index (χ3v) is 5.79. The third-order valence-electron chi connectivity index (χ3n) is 4.39. The predicted molar refractivity (Wildman–Crippen MR) is 98.0 cm³/mol. The van der Waals surface area contributed by atoms with Crippen LogP contribution >= 0.6 is 0 Å². The first-order valence-corrected chi connectivity index (χ1v) is 9.81. The molecule has 0 atom stereocenters. The van der Waals surface area contributed by atoms with Gasteiger partial charge in [-0.05, 0) is 42.8 Å². The van der Waals surface area contributed by atoms with Gasteiger partial charge in [-0.2, -0.15) is 0 Å². The molecule has 2 heterocycles. The van der Waals surface area contributed by atoms with Gasteiger partial charge in [-0.1, -0.05) is 12.1 Å². The molecule has 0 unspecified atom stereocenters. The minimum Gasteiger partial charge on any atom is -0.478 e. The molecule has 0 amide bonds. The summed E-state index contributed by atoms with van der Waals surface area (Å²) in [6, 6.07) is 12.0. The quantitative estimate of drug-likeness (QED) is 0.698. The third kappa shape index (κ3) is 3.28. The van der Waals surface area contributed by atoms with Crippen molar-refractivity contribution in [2.75, 3.05) is 4.72 Å². The lowest BCUT2D eigenvalue weighted by molar-refractivity contribution is 0.0696. The Morgan fingerprint density at radius 1 is 1.11 bits per heavy atom. The summed E-state index contributed by atoms with van der Waals surface area (Å²) in [7, 11) is -3.84. The molecule has 0 bridgehead atoms. The van der Waals surface area contributed by atoms with Crippen molar-refractivity contribution >= 4 is 21.7 Å². The van der Waals surface area contributed by atoms with Crippen LogP contribution in [0.3, 0.4) is 0 Å². The van der Waals surface area contributed by atoms with Gasteiger partial charge in [0.15, 0.2) is 5.82 Å². The van der Waals surface area contributed by atoms with Gasteiger partial charge in [0.1, 0.15) is 5.82 Å². The molecule has 0 saturated heterocycles. The molecule has 0 spiro atoms. The number of nitrogens with zero attached hydrogens (tertiary/aromatic N) is 3. The van der Waals surface area contributed by atoms with Gasteiger partial charge in [0.05, 0.1) is 10.5 Å². The second kappa shape index (κ2) is 6.51. The van der Waals surface area contributed by atoms with Gasteiger partial charge in [-0.15, -0.1) is 10.2 Å². The number of anilines is 1. The van der Waals surface area contributed by atoms with E-state index in [4.69, 9.17) is 5.11 Å². The van der Waals surface area contributed by atoms with Crippen LogP contribution < -0.4 is 4.72 Å². The Balaban J connectivity index is 1.61. The molecule has 27 heavy (non-hydrogen) atoms. The predicted octanol–water partition coefficient (Wildman–Crippen LogP) is 2.39. The lowest BCUT2D eigenvalue weighted by Gasteiger charge is -2.10. The van der Waals surface area contributed by atoms with E-state index in [0.29, 0.717) is 11.5 Å². The van der Waals surface area contributed by atoms with E-state index in [1.807, 2.05) is 10.6 Å². The Labute approximate surface area is 155 Å². The highest BCUT2D eigenvalue weighted by molar-refractivity contribution is 7.92. The zero-order valence-electron chi connectivity index (χ0n) is 14.2. The van der Waals surface area contributed by atoms with Crippen molar-refractivity contribution in [1.82, 2.24) is 14.8 Å². The molecule has 2 aromatic carbocycles. The van der Waals surface area contributed by atoms with E-state index < -0.39 is 16.0 Å². The number of hydrogen-bond acceptors (Lipinski definition) is 5. The van der Waals surface area contributed by atoms with Crippen molar-refractivity contribution in [2.24, 2.45) is 0 Å². The maximum absolute atomic E-state index is 12.6. The Kier molecular flexibility index (Phi) is 4.15. The van der Waals surface area contributed by atoms with Crippen molar-refractivity contribution in [3.8, 4) is 11.4 Å². The second-order valence-corrected chi connectivity index (χ2v) is 7.89. The molecular formula is C18H16N4O4S. The summed E-state index contributed by atoms with van der Waals surface area (Å²) in [5.41, 5.74) is 1.19. The molecule has 8 nitrogen and oxygen atoms in total. The molecule has 1 aliphatic rings. The Morgan fingerprint density at radius 3 is 2.63 bits per heavy atom. The molecule has 9 heteroatoms. The number of benzene rings is 2. The number of carboxylic acid groups (broad SMARTS) is 1. The average Bonchev–Trinajstić information content (AvgIpc) is 3.25. The Morgan fingerprint density at radius 2 is 1.89 bits per heavy atom. The van der Waals surface area contributed by atoms with Gasteiger partial charge in [-0.3, -0.25) is 4.72 Å². The van der Waals surface area contributed by atoms with E-state index in [2.05, 4.69) is 14.9 Å². The van der Waals surface area contributed by atoms with Crippen LogP contribution in [-0.2, 0) is 23.0 Å². The van der Waals surface area contributed by atoms with E-state index in [1.54, 1.807) is 18.2 Å². The van der Waals surface area contributed by atoms with Crippen LogP contribution in [0, 0.1) is 0 Å². The molecule has 0 saturated carbocycles. The Bertz CT molecular complexity index is 1120. The first-order chi connectivity index (χ1) is 12.9. The SMILES string of the molecule is O=C(O)c1ccc(S(=O)(=O)Nc2cccc(-c3nnc4n3CCC4)c2)cc1. The molecule has 3 aromatic rings. The van der Waals surface area contributed by atoms with Gasteiger partial charge in [0.25, 0.3) is 10.0 Å². The number of aromatic nitrogens is 3. The number of nitrogens with one attached hydrogen (secondary N) is 1. The molecule has 4 rings (SSSR count). The van der Waals surface area contributed by atoms with Crippen molar-refractivity contribution in [3.05, 3.63) is 59.9 Å². The molecule has 0 fully saturated rings. The first kappa shape index (κ1) is 17.2. The highest BCUT2D eigenvalue weighted by Crippen LogP contribution is 2.26. The van der Waals surface area contributed by atoms with E-state index in [1.165, 1.54) is 24.3 Å². The fourth-order valence-electron chi connectivity index (χ4n) is 3.08. The van der Waals surface area contributed by atoms with Gasteiger partial charge in [0.2, 0.25) is 0 Å². The van der Waals surface area contributed by atoms with Crippen LogP contribution in [0.1, 0.15) is 22.6 Å². The molecule has 1 aliphatic heterocycles. The summed E-state index contributed by atoms with van der Waals surface area (Å²) in [6.45, 7) is 0.851. The summed E-state index contributed by atoms with van der Waals surface area (Å²) in [5, 5.41) is 17.3. The Hall–Kier alpha value is -3.20. The van der Waals surface area contributed by atoms with Gasteiger partial charge in [-0.25, -0.2) is 13.2 Å². The smallest absolute Gasteiger partial charge is 0.335 e. The van der Waals surface area contributed by atoms with E-state index in [9.17, 15) is 13.2 Å². The monoisotopic (exact) mass is 384 g/mol. The van der Waals surface area contributed by atoms with E-state index in [-0.39, 0.29) is 10.5 Å². The minimum absolute atomic E-state index is 0.0127. The summed E-state index contributed by atoms with van der Waals surface area (Å²) in [4.78, 5) is 10.9. The molecule has 2 N–H and O–H groups in total. The number of fused-ring (bicyclic) bond motifs is 1. The maximum Gasteiger partial charge on any atom is 0.335 e. The lowest BCUT2D eigenvalue weighted by Crippen LogP contribution is -2.13. The van der Waals surface area contributed by atoms with Gasteiger partial charge < -0.3 is 9.67 Å². The number of aromatic carboxylic acids is 1. The van der Waals surface area contributed by atoms with Crippen LogP contribution in [0.25, 0.3) is 11.4 Å². The summed E-state index contributed by atoms with van der Waals surface area (Å²) >= 11 is 0. The average molecular weight is 384 g/mol. The van der Waals surface area contributed by atoms with Crippen LogP contribution in [0.4, 0.5) is 5.69 Å². The number of carboxylic acids is 1. The number of aryl methyl sites for hydroxylation is 1. The van der Waals surface area contributed by atoms with E-state index in [0.717, 1.165) is 30.8 Å². The number of sulfonamides is 1. The standard InChI is InChI=1S/C18H16N4O4S/c23-18(24)12-6-8-15(9-7-12)27(25,26)21-14-4-1-3-13(11-14)17-20-19-16-5-2-10-22(16)17/h1,3-4,6-9,11,21H,2,5,10H2,(H,23,24). The van der Waals surface area contributed by atoms with Gasteiger partial charge >= 0.3 is 5.97 Å². The molecule has 0 aliphatic carbocycles. The highest BCUT2D eigenvalue weighted by atomic mass is 32.2. The zero-order valence-corrected chi connectivity index (χ0v) is 15.0. The summed E-state index contributed by atoms with van der Waals surface area (Å²) < 4.78 is 29.7. The number of rotatable bonds is 5. The topological polar surface area (TPSA) is 114 Å². The van der Waals surface area contributed by atoms with Gasteiger partial charge in [0, 0.05) is 24.2 Å². The van der Waals surface area contributed by atoms with Crippen molar-refractivity contribution in [3.63, 3.8) is 0 Å². The first-order valence-electron chi connectivity index (χ1n) is 8.33. The van der Waals surface area contributed by atoms with Crippen LogP contribution in [-0.4, -0.2) is 34.3 Å². The van der Waals surface area contributed by atoms with E-state index >= 15 is 0 Å². The molecule has 0 radical (unpaired) electrons. The maximum atomic E-state index is 12.6.